The summed E-state index contributed by atoms with van der Waals surface area (Å²) >= 11 is 6.30. The molecule has 0 fully saturated rings. The lowest BCUT2D eigenvalue weighted by molar-refractivity contribution is 0.357. The molecule has 0 amide bonds. The second-order valence-corrected chi connectivity index (χ2v) is 6.01. The van der Waals surface area contributed by atoms with E-state index in [1.165, 1.54) is 16.4 Å². The Hall–Kier alpha value is -2.53. The van der Waals surface area contributed by atoms with Crippen LogP contribution in [0.5, 0.6) is 6.01 Å². The number of methoxy groups -OCH3 is 1. The molecule has 24 heavy (non-hydrogen) atoms. The molecule has 0 unspecified atom stereocenters. The predicted molar refractivity (Wildman–Crippen MR) is 94.7 cm³/mol. The Morgan fingerprint density at radius 2 is 1.96 bits per heavy atom. The second-order valence-electron chi connectivity index (χ2n) is 5.60. The van der Waals surface area contributed by atoms with E-state index in [4.69, 9.17) is 16.3 Å². The minimum Gasteiger partial charge on any atom is -0.467 e. The van der Waals surface area contributed by atoms with Crippen molar-refractivity contribution in [1.82, 2.24) is 14.3 Å². The van der Waals surface area contributed by atoms with Gasteiger partial charge < -0.3 is 4.74 Å². The summed E-state index contributed by atoms with van der Waals surface area (Å²) in [6.45, 7) is 2.40. The lowest BCUT2D eigenvalue weighted by Crippen LogP contribution is -2.23. The Bertz CT molecular complexity index is 944. The van der Waals surface area contributed by atoms with Crippen LogP contribution in [0, 0.1) is 6.92 Å². The summed E-state index contributed by atoms with van der Waals surface area (Å²) in [6, 6.07) is 14.1. The molecule has 0 saturated carbocycles. The van der Waals surface area contributed by atoms with Crippen molar-refractivity contribution in [2.24, 2.45) is 7.05 Å². The highest BCUT2D eigenvalue weighted by Crippen LogP contribution is 2.29. The summed E-state index contributed by atoms with van der Waals surface area (Å²) in [6.07, 6.45) is 0. The Morgan fingerprint density at radius 3 is 2.67 bits per heavy atom. The molecule has 124 valence electrons. The maximum atomic E-state index is 12.2. The van der Waals surface area contributed by atoms with Crippen LogP contribution in [-0.4, -0.2) is 21.5 Å². The molecule has 0 atom stereocenters. The van der Waals surface area contributed by atoms with Gasteiger partial charge in [0.1, 0.15) is 0 Å². The lowest BCUT2D eigenvalue weighted by atomic mass is 9.99. The van der Waals surface area contributed by atoms with Crippen molar-refractivity contribution >= 4 is 11.6 Å². The summed E-state index contributed by atoms with van der Waals surface area (Å²) in [5, 5.41) is 4.77. The summed E-state index contributed by atoms with van der Waals surface area (Å²) in [5.41, 5.74) is 3.86. The summed E-state index contributed by atoms with van der Waals surface area (Å²) < 4.78 is 7.99. The van der Waals surface area contributed by atoms with Gasteiger partial charge in [-0.1, -0.05) is 41.9 Å². The van der Waals surface area contributed by atoms with Gasteiger partial charge in [0.2, 0.25) is 0 Å². The average Bonchev–Trinajstić information content (AvgIpc) is 2.85. The van der Waals surface area contributed by atoms with Gasteiger partial charge in [-0.25, -0.2) is 14.0 Å². The molecule has 0 bridgehead atoms. The molecule has 3 aromatic rings. The fourth-order valence-corrected chi connectivity index (χ4v) is 2.89. The van der Waals surface area contributed by atoms with Gasteiger partial charge in [0.15, 0.2) is 0 Å². The van der Waals surface area contributed by atoms with Crippen LogP contribution >= 0.6 is 11.6 Å². The molecule has 1 aromatic heterocycles. The molecular formula is C18H18ClN3O2. The van der Waals surface area contributed by atoms with Crippen molar-refractivity contribution in [2.45, 2.75) is 13.5 Å². The standard InChI is InChI=1S/C18H18ClN3O2/c1-12-8-9-13(15-6-4-5-7-16(15)19)10-14(12)11-22-17(24-3)20-21(2)18(22)23/h4-10H,11H2,1-3H3. The molecule has 0 aliphatic carbocycles. The fraction of sp³-hybridized carbons (Fsp3) is 0.222. The van der Waals surface area contributed by atoms with Gasteiger partial charge in [0.25, 0.3) is 0 Å². The van der Waals surface area contributed by atoms with E-state index in [1.54, 1.807) is 7.05 Å². The van der Waals surface area contributed by atoms with Crippen molar-refractivity contribution in [3.8, 4) is 17.1 Å². The van der Waals surface area contributed by atoms with Gasteiger partial charge in [-0.3, -0.25) is 0 Å². The van der Waals surface area contributed by atoms with E-state index in [2.05, 4.69) is 11.2 Å². The quantitative estimate of drug-likeness (QED) is 0.730. The van der Waals surface area contributed by atoms with E-state index in [-0.39, 0.29) is 5.69 Å². The van der Waals surface area contributed by atoms with Crippen molar-refractivity contribution in [1.29, 1.82) is 0 Å². The minimum atomic E-state index is -0.214. The monoisotopic (exact) mass is 343 g/mol. The van der Waals surface area contributed by atoms with Gasteiger partial charge in [-0.15, -0.1) is 5.10 Å². The molecule has 5 nitrogen and oxygen atoms in total. The smallest absolute Gasteiger partial charge is 0.348 e. The van der Waals surface area contributed by atoms with E-state index in [0.29, 0.717) is 17.6 Å². The van der Waals surface area contributed by atoms with Gasteiger partial charge in [0.05, 0.1) is 13.7 Å². The molecule has 0 aliphatic rings. The third kappa shape index (κ3) is 2.95. The first-order chi connectivity index (χ1) is 11.5. The van der Waals surface area contributed by atoms with E-state index >= 15 is 0 Å². The molecule has 0 radical (unpaired) electrons. The fourth-order valence-electron chi connectivity index (χ4n) is 2.64. The number of aromatic nitrogens is 3. The number of rotatable bonds is 4. The Morgan fingerprint density at radius 1 is 1.21 bits per heavy atom. The molecule has 1 heterocycles. The SMILES string of the molecule is COc1nn(C)c(=O)n1Cc1cc(-c2ccccc2Cl)ccc1C. The first-order valence-electron chi connectivity index (χ1n) is 7.53. The van der Waals surface area contributed by atoms with Crippen molar-refractivity contribution in [3.05, 3.63) is 69.1 Å². The maximum Gasteiger partial charge on any atom is 0.348 e. The zero-order valence-electron chi connectivity index (χ0n) is 13.8. The molecule has 3 rings (SSSR count). The molecule has 2 aromatic carbocycles. The first-order valence-corrected chi connectivity index (χ1v) is 7.91. The van der Waals surface area contributed by atoms with Crippen LogP contribution in [0.25, 0.3) is 11.1 Å². The number of benzene rings is 2. The largest absolute Gasteiger partial charge is 0.467 e. The molecule has 0 N–H and O–H groups in total. The summed E-state index contributed by atoms with van der Waals surface area (Å²) in [4.78, 5) is 12.2. The Balaban J connectivity index is 2.05. The summed E-state index contributed by atoms with van der Waals surface area (Å²) in [7, 11) is 3.11. The molecule has 0 spiro atoms. The van der Waals surface area contributed by atoms with E-state index in [0.717, 1.165) is 22.3 Å². The number of ether oxygens (including phenoxy) is 1. The normalized spacial score (nSPS) is 10.8. The maximum absolute atomic E-state index is 12.2. The van der Waals surface area contributed by atoms with Gasteiger partial charge >= 0.3 is 11.7 Å². The van der Waals surface area contributed by atoms with Crippen LogP contribution in [-0.2, 0) is 13.6 Å². The predicted octanol–water partition coefficient (Wildman–Crippen LogP) is 3.27. The zero-order valence-corrected chi connectivity index (χ0v) is 14.5. The van der Waals surface area contributed by atoms with Gasteiger partial charge in [-0.2, -0.15) is 0 Å². The average molecular weight is 344 g/mol. The van der Waals surface area contributed by atoms with Crippen molar-refractivity contribution in [2.75, 3.05) is 7.11 Å². The number of aryl methyl sites for hydroxylation is 2. The van der Waals surface area contributed by atoms with Crippen molar-refractivity contribution in [3.63, 3.8) is 0 Å². The van der Waals surface area contributed by atoms with Crippen molar-refractivity contribution < 1.29 is 4.74 Å². The van der Waals surface area contributed by atoms with E-state index < -0.39 is 0 Å². The number of halogens is 1. The minimum absolute atomic E-state index is 0.214. The van der Waals surface area contributed by atoms with Crippen LogP contribution in [0.15, 0.2) is 47.3 Å². The lowest BCUT2D eigenvalue weighted by Gasteiger charge is -2.11. The van der Waals surface area contributed by atoms with E-state index in [1.807, 2.05) is 43.3 Å². The third-order valence-corrected chi connectivity index (χ3v) is 4.35. The molecule has 6 heteroatoms. The third-order valence-electron chi connectivity index (χ3n) is 4.02. The van der Waals surface area contributed by atoms with Crippen LogP contribution in [0.4, 0.5) is 0 Å². The van der Waals surface area contributed by atoms with Gasteiger partial charge in [-0.05, 0) is 35.7 Å². The van der Waals surface area contributed by atoms with Crippen LogP contribution in [0.1, 0.15) is 11.1 Å². The molecular weight excluding hydrogens is 326 g/mol. The van der Waals surface area contributed by atoms with Crippen LogP contribution in [0.3, 0.4) is 0 Å². The zero-order chi connectivity index (χ0) is 17.3. The highest BCUT2D eigenvalue weighted by Gasteiger charge is 2.14. The van der Waals surface area contributed by atoms with Gasteiger partial charge in [0, 0.05) is 17.6 Å². The second kappa shape index (κ2) is 6.53. The topological polar surface area (TPSA) is 49.1 Å². The highest BCUT2D eigenvalue weighted by atomic mass is 35.5. The number of nitrogens with zero attached hydrogens (tertiary/aromatic N) is 3. The Labute approximate surface area is 145 Å². The number of hydrogen-bond donors (Lipinski definition) is 0. The molecule has 0 aliphatic heterocycles. The first kappa shape index (κ1) is 16.3. The van der Waals surface area contributed by atoms with Crippen LogP contribution in [0.2, 0.25) is 5.02 Å². The van der Waals surface area contributed by atoms with E-state index in [9.17, 15) is 4.79 Å². The van der Waals surface area contributed by atoms with Crippen LogP contribution < -0.4 is 10.4 Å². The highest BCUT2D eigenvalue weighted by molar-refractivity contribution is 6.33. The number of hydrogen-bond acceptors (Lipinski definition) is 3. The Kier molecular flexibility index (Phi) is 4.44. The molecule has 0 saturated heterocycles. The summed E-state index contributed by atoms with van der Waals surface area (Å²) in [5.74, 6) is 0.